The fourth-order valence-electron chi connectivity index (χ4n) is 4.01. The van der Waals surface area contributed by atoms with Crippen LogP contribution in [-0.2, 0) is 9.59 Å². The summed E-state index contributed by atoms with van der Waals surface area (Å²) in [6.07, 6.45) is 3.17. The number of halogens is 1. The summed E-state index contributed by atoms with van der Waals surface area (Å²) in [5, 5.41) is 11.8. The van der Waals surface area contributed by atoms with Gasteiger partial charge >= 0.3 is 0 Å². The number of rotatable bonds is 4. The Morgan fingerprint density at radius 1 is 1.03 bits per heavy atom. The number of hydrogen-bond acceptors (Lipinski definition) is 5. The minimum Gasteiger partial charge on any atom is -0.507 e. The van der Waals surface area contributed by atoms with Crippen molar-refractivity contribution in [2.45, 2.75) is 19.9 Å². The lowest BCUT2D eigenvalue weighted by molar-refractivity contribution is -0.132. The first-order chi connectivity index (χ1) is 15.3. The van der Waals surface area contributed by atoms with Crippen LogP contribution in [0.5, 0.6) is 5.75 Å². The van der Waals surface area contributed by atoms with E-state index in [1.807, 2.05) is 6.92 Å². The van der Waals surface area contributed by atoms with E-state index in [0.717, 1.165) is 5.56 Å². The average molecular weight is 449 g/mol. The van der Waals surface area contributed by atoms with Crippen LogP contribution in [0.15, 0.2) is 66.5 Å². The number of methoxy groups -OCH3 is 1. The molecule has 32 heavy (non-hydrogen) atoms. The summed E-state index contributed by atoms with van der Waals surface area (Å²) in [5.41, 5.74) is 3.12. The van der Waals surface area contributed by atoms with Crippen LogP contribution in [0.4, 0.5) is 5.69 Å². The Kier molecular flexibility index (Phi) is 5.72. The summed E-state index contributed by atoms with van der Waals surface area (Å²) in [7, 11) is 1.55. The number of Topliss-reactive ketones (excluding diaryl/α,β-unsaturated/α-hetero) is 1. The molecule has 1 amide bonds. The Balaban J connectivity index is 1.96. The Bertz CT molecular complexity index is 1250. The molecule has 1 N–H and O–H groups in total. The maximum atomic E-state index is 13.2. The number of aryl methyl sites for hydroxylation is 2. The minimum atomic E-state index is -0.820. The maximum Gasteiger partial charge on any atom is 0.300 e. The molecule has 3 aromatic rings. The van der Waals surface area contributed by atoms with Crippen LogP contribution in [0.25, 0.3) is 5.76 Å². The third kappa shape index (κ3) is 3.63. The van der Waals surface area contributed by atoms with E-state index >= 15 is 0 Å². The molecule has 2 heterocycles. The molecule has 1 fully saturated rings. The molecule has 1 unspecified atom stereocenters. The summed E-state index contributed by atoms with van der Waals surface area (Å²) >= 11 is 6.11. The summed E-state index contributed by atoms with van der Waals surface area (Å²) in [5.74, 6) is -1.08. The van der Waals surface area contributed by atoms with Crippen molar-refractivity contribution in [3.8, 4) is 5.75 Å². The van der Waals surface area contributed by atoms with Crippen LogP contribution in [0.1, 0.15) is 28.3 Å². The number of amides is 1. The molecule has 1 aliphatic heterocycles. The molecule has 6 nitrogen and oxygen atoms in total. The van der Waals surface area contributed by atoms with Crippen molar-refractivity contribution in [2.75, 3.05) is 12.0 Å². The van der Waals surface area contributed by atoms with E-state index in [1.54, 1.807) is 75.0 Å². The minimum absolute atomic E-state index is 0.0174. The molecule has 2 aromatic carbocycles. The van der Waals surface area contributed by atoms with Crippen LogP contribution in [0, 0.1) is 13.8 Å². The van der Waals surface area contributed by atoms with Crippen LogP contribution >= 0.6 is 11.6 Å². The summed E-state index contributed by atoms with van der Waals surface area (Å²) in [6, 6.07) is 12.9. The van der Waals surface area contributed by atoms with E-state index in [0.29, 0.717) is 33.1 Å². The van der Waals surface area contributed by atoms with Gasteiger partial charge in [-0.15, -0.1) is 0 Å². The fourth-order valence-corrected chi connectivity index (χ4v) is 4.23. The van der Waals surface area contributed by atoms with E-state index < -0.39 is 17.7 Å². The van der Waals surface area contributed by atoms with E-state index in [4.69, 9.17) is 16.3 Å². The number of pyridine rings is 1. The molecule has 7 heteroatoms. The lowest BCUT2D eigenvalue weighted by Gasteiger charge is -2.27. The van der Waals surface area contributed by atoms with E-state index in [-0.39, 0.29) is 11.3 Å². The molecule has 0 bridgehead atoms. The highest BCUT2D eigenvalue weighted by molar-refractivity contribution is 6.51. The van der Waals surface area contributed by atoms with Crippen molar-refractivity contribution in [1.29, 1.82) is 0 Å². The lowest BCUT2D eigenvalue weighted by Crippen LogP contribution is -2.30. The third-order valence-corrected chi connectivity index (χ3v) is 5.81. The van der Waals surface area contributed by atoms with Crippen LogP contribution < -0.4 is 9.64 Å². The summed E-state index contributed by atoms with van der Waals surface area (Å²) in [4.78, 5) is 31.9. The van der Waals surface area contributed by atoms with Gasteiger partial charge in [-0.3, -0.25) is 19.5 Å². The molecule has 0 aliphatic carbocycles. The van der Waals surface area contributed by atoms with Crippen LogP contribution in [-0.4, -0.2) is 28.9 Å². The number of ether oxygens (including phenoxy) is 1. The maximum absolute atomic E-state index is 13.2. The fraction of sp³-hybridized carbons (Fsp3) is 0.160. The van der Waals surface area contributed by atoms with Gasteiger partial charge in [0, 0.05) is 28.7 Å². The Labute approximate surface area is 190 Å². The zero-order valence-corrected chi connectivity index (χ0v) is 18.6. The van der Waals surface area contributed by atoms with Gasteiger partial charge in [0.05, 0.1) is 18.7 Å². The molecule has 0 radical (unpaired) electrons. The second kappa shape index (κ2) is 8.48. The molecular formula is C25H21ClN2O4. The number of hydrogen-bond donors (Lipinski definition) is 1. The van der Waals surface area contributed by atoms with Gasteiger partial charge in [-0.2, -0.15) is 0 Å². The number of aliphatic hydroxyl groups excluding tert-OH is 1. The predicted octanol–water partition coefficient (Wildman–Crippen LogP) is 4.99. The molecule has 1 atom stereocenters. The van der Waals surface area contributed by atoms with Gasteiger partial charge in [-0.05, 0) is 79.1 Å². The van der Waals surface area contributed by atoms with Crippen molar-refractivity contribution in [1.82, 2.24) is 4.98 Å². The molecule has 1 saturated heterocycles. The number of aliphatic hydroxyl groups is 1. The number of nitrogens with zero attached hydrogens (tertiary/aromatic N) is 2. The lowest BCUT2D eigenvalue weighted by atomic mass is 9.94. The largest absolute Gasteiger partial charge is 0.507 e. The van der Waals surface area contributed by atoms with Gasteiger partial charge in [0.15, 0.2) is 0 Å². The topological polar surface area (TPSA) is 79.7 Å². The van der Waals surface area contributed by atoms with Gasteiger partial charge in [-0.1, -0.05) is 11.6 Å². The number of anilines is 1. The van der Waals surface area contributed by atoms with Crippen molar-refractivity contribution >= 4 is 34.7 Å². The van der Waals surface area contributed by atoms with E-state index in [9.17, 15) is 14.7 Å². The van der Waals surface area contributed by atoms with Gasteiger partial charge in [-0.25, -0.2) is 0 Å². The zero-order valence-electron chi connectivity index (χ0n) is 17.8. The predicted molar refractivity (Wildman–Crippen MR) is 123 cm³/mol. The molecule has 162 valence electrons. The highest BCUT2D eigenvalue weighted by atomic mass is 35.5. The number of carbonyl (C=O) groups excluding carboxylic acids is 2. The molecule has 0 saturated carbocycles. The second-order valence-corrected chi connectivity index (χ2v) is 8.00. The quantitative estimate of drug-likeness (QED) is 0.345. The van der Waals surface area contributed by atoms with Gasteiger partial charge in [0.25, 0.3) is 11.7 Å². The Morgan fingerprint density at radius 3 is 2.38 bits per heavy atom. The first-order valence-corrected chi connectivity index (χ1v) is 10.3. The highest BCUT2D eigenvalue weighted by Crippen LogP contribution is 2.43. The van der Waals surface area contributed by atoms with Crippen molar-refractivity contribution in [2.24, 2.45) is 0 Å². The molecule has 1 aliphatic rings. The molecular weight excluding hydrogens is 428 g/mol. The normalized spacial score (nSPS) is 17.6. The highest BCUT2D eigenvalue weighted by Gasteiger charge is 2.47. The van der Waals surface area contributed by atoms with Gasteiger partial charge in [0.2, 0.25) is 0 Å². The average Bonchev–Trinajstić information content (AvgIpc) is 3.04. The molecule has 4 rings (SSSR count). The number of benzene rings is 2. The summed E-state index contributed by atoms with van der Waals surface area (Å²) in [6.45, 7) is 3.62. The van der Waals surface area contributed by atoms with E-state index in [1.165, 1.54) is 4.90 Å². The molecule has 1 aromatic heterocycles. The van der Waals surface area contributed by atoms with E-state index in [2.05, 4.69) is 4.98 Å². The van der Waals surface area contributed by atoms with Gasteiger partial charge in [0.1, 0.15) is 11.5 Å². The van der Waals surface area contributed by atoms with Crippen LogP contribution in [0.2, 0.25) is 5.02 Å². The number of carbonyl (C=O) groups is 2. The summed E-state index contributed by atoms with van der Waals surface area (Å²) < 4.78 is 5.24. The zero-order chi connectivity index (χ0) is 23.0. The Hall–Kier alpha value is -3.64. The smallest absolute Gasteiger partial charge is 0.300 e. The third-order valence-electron chi connectivity index (χ3n) is 5.57. The van der Waals surface area contributed by atoms with Crippen molar-refractivity contribution in [3.05, 3.63) is 93.8 Å². The second-order valence-electron chi connectivity index (χ2n) is 7.56. The van der Waals surface area contributed by atoms with Gasteiger partial charge < -0.3 is 9.84 Å². The first kappa shape index (κ1) is 21.6. The Morgan fingerprint density at radius 2 is 1.75 bits per heavy atom. The van der Waals surface area contributed by atoms with Crippen LogP contribution in [0.3, 0.4) is 0 Å². The monoisotopic (exact) mass is 448 g/mol. The standard InChI is InChI=1S/C25H21ClN2O4/c1-14-13-18(32-3)5-6-19(14)23(29)21-22(16-8-10-27-11-9-16)28(25(31)24(21)30)20-7-4-17(26)12-15(20)2/h4-13,22,29H,1-3H3/b23-21+. The SMILES string of the molecule is COc1ccc(/C(O)=C2\C(=O)C(=O)N(c3ccc(Cl)cc3C)C2c2ccncc2)c(C)c1. The molecule has 0 spiro atoms. The number of ketones is 1. The number of aromatic nitrogens is 1. The first-order valence-electron chi connectivity index (χ1n) is 9.95. The van der Waals surface area contributed by atoms with Crippen molar-refractivity contribution < 1.29 is 19.4 Å². The van der Waals surface area contributed by atoms with Crippen molar-refractivity contribution in [3.63, 3.8) is 0 Å².